The SMILES string of the molecule is O=C(Nc1ccc(F)cc1)c1sc2cc(F)ccc2c1Cl. The third-order valence-corrected chi connectivity index (χ3v) is 4.56. The maximum atomic E-state index is 13.2. The molecule has 1 N–H and O–H groups in total. The van der Waals surface area contributed by atoms with Crippen molar-refractivity contribution in [3.63, 3.8) is 0 Å². The smallest absolute Gasteiger partial charge is 0.267 e. The summed E-state index contributed by atoms with van der Waals surface area (Å²) < 4.78 is 26.6. The van der Waals surface area contributed by atoms with Crippen LogP contribution in [0.1, 0.15) is 9.67 Å². The summed E-state index contributed by atoms with van der Waals surface area (Å²) in [4.78, 5) is 12.5. The number of thiophene rings is 1. The van der Waals surface area contributed by atoms with Crippen molar-refractivity contribution in [2.75, 3.05) is 5.32 Å². The van der Waals surface area contributed by atoms with Crippen LogP contribution >= 0.6 is 22.9 Å². The Hall–Kier alpha value is -1.98. The number of nitrogens with one attached hydrogen (secondary N) is 1. The van der Waals surface area contributed by atoms with Gasteiger partial charge in [-0.25, -0.2) is 8.78 Å². The number of benzene rings is 2. The molecule has 106 valence electrons. The van der Waals surface area contributed by atoms with Crippen molar-refractivity contribution >= 4 is 44.6 Å². The molecular formula is C15H8ClF2NOS. The minimum atomic E-state index is -0.409. The molecular weight excluding hydrogens is 316 g/mol. The van der Waals surface area contributed by atoms with Gasteiger partial charge in [0.25, 0.3) is 5.91 Å². The Bertz CT molecular complexity index is 830. The molecule has 3 rings (SSSR count). The second-order valence-electron chi connectivity index (χ2n) is 4.35. The van der Waals surface area contributed by atoms with E-state index in [4.69, 9.17) is 11.6 Å². The van der Waals surface area contributed by atoms with Gasteiger partial charge in [-0.3, -0.25) is 4.79 Å². The van der Waals surface area contributed by atoms with Gasteiger partial charge in [-0.2, -0.15) is 0 Å². The first-order chi connectivity index (χ1) is 10.0. The summed E-state index contributed by atoms with van der Waals surface area (Å²) >= 11 is 7.27. The van der Waals surface area contributed by atoms with Crippen LogP contribution in [0, 0.1) is 11.6 Å². The lowest BCUT2D eigenvalue weighted by Gasteiger charge is -2.03. The first-order valence-corrected chi connectivity index (χ1v) is 7.18. The molecule has 0 radical (unpaired) electrons. The Morgan fingerprint density at radius 3 is 2.43 bits per heavy atom. The Kier molecular flexibility index (Phi) is 3.61. The highest BCUT2D eigenvalue weighted by atomic mass is 35.5. The molecule has 1 heterocycles. The molecule has 0 saturated heterocycles. The molecule has 0 aliphatic carbocycles. The topological polar surface area (TPSA) is 29.1 Å². The molecule has 0 fully saturated rings. The van der Waals surface area contributed by atoms with Gasteiger partial charge in [-0.1, -0.05) is 11.6 Å². The lowest BCUT2D eigenvalue weighted by Crippen LogP contribution is -2.10. The van der Waals surface area contributed by atoms with Crippen molar-refractivity contribution < 1.29 is 13.6 Å². The van der Waals surface area contributed by atoms with E-state index in [1.54, 1.807) is 0 Å². The standard InChI is InChI=1S/C15H8ClF2NOS/c16-13-11-6-3-9(18)7-12(11)21-14(13)15(20)19-10-4-1-8(17)2-5-10/h1-7H,(H,19,20). The van der Waals surface area contributed by atoms with Gasteiger partial charge in [0.15, 0.2) is 0 Å². The summed E-state index contributed by atoms with van der Waals surface area (Å²) in [5, 5.41) is 3.55. The molecule has 0 spiro atoms. The highest BCUT2D eigenvalue weighted by Crippen LogP contribution is 2.36. The Balaban J connectivity index is 1.94. The largest absolute Gasteiger partial charge is 0.321 e. The van der Waals surface area contributed by atoms with E-state index >= 15 is 0 Å². The molecule has 1 amide bonds. The lowest BCUT2D eigenvalue weighted by atomic mass is 10.2. The number of carbonyl (C=O) groups excluding carboxylic acids is 1. The summed E-state index contributed by atoms with van der Waals surface area (Å²) in [7, 11) is 0. The summed E-state index contributed by atoms with van der Waals surface area (Å²) in [6.07, 6.45) is 0. The number of rotatable bonds is 2. The van der Waals surface area contributed by atoms with Gasteiger partial charge in [-0.05, 0) is 42.5 Å². The average molecular weight is 324 g/mol. The van der Waals surface area contributed by atoms with Crippen LogP contribution < -0.4 is 5.32 Å². The third-order valence-electron chi connectivity index (χ3n) is 2.90. The maximum absolute atomic E-state index is 13.2. The number of anilines is 1. The van der Waals surface area contributed by atoms with Crippen LogP contribution in [0.25, 0.3) is 10.1 Å². The molecule has 6 heteroatoms. The van der Waals surface area contributed by atoms with E-state index in [0.717, 1.165) is 11.3 Å². The van der Waals surface area contributed by atoms with Crippen molar-refractivity contribution in [3.8, 4) is 0 Å². The van der Waals surface area contributed by atoms with E-state index in [0.29, 0.717) is 20.7 Å². The van der Waals surface area contributed by atoms with E-state index < -0.39 is 5.91 Å². The second-order valence-corrected chi connectivity index (χ2v) is 5.78. The molecule has 3 aromatic rings. The Labute approximate surface area is 128 Å². The van der Waals surface area contributed by atoms with Gasteiger partial charge in [-0.15, -0.1) is 11.3 Å². The van der Waals surface area contributed by atoms with Crippen LogP contribution in [0.5, 0.6) is 0 Å². The zero-order chi connectivity index (χ0) is 15.0. The fourth-order valence-electron chi connectivity index (χ4n) is 1.91. The van der Waals surface area contributed by atoms with Crippen LogP contribution in [-0.2, 0) is 0 Å². The summed E-state index contributed by atoms with van der Waals surface area (Å²) in [5.41, 5.74) is 0.459. The minimum Gasteiger partial charge on any atom is -0.321 e. The highest BCUT2D eigenvalue weighted by Gasteiger charge is 2.17. The van der Waals surface area contributed by atoms with Gasteiger partial charge < -0.3 is 5.32 Å². The maximum Gasteiger partial charge on any atom is 0.267 e. The summed E-state index contributed by atoms with van der Waals surface area (Å²) in [6.45, 7) is 0. The predicted molar refractivity (Wildman–Crippen MR) is 81.1 cm³/mol. The molecule has 21 heavy (non-hydrogen) atoms. The van der Waals surface area contributed by atoms with Gasteiger partial charge in [0.1, 0.15) is 16.5 Å². The summed E-state index contributed by atoms with van der Waals surface area (Å²) in [6, 6.07) is 9.57. The molecule has 0 unspecified atom stereocenters. The molecule has 0 aliphatic rings. The monoisotopic (exact) mass is 323 g/mol. The Morgan fingerprint density at radius 1 is 1.05 bits per heavy atom. The normalized spacial score (nSPS) is 10.8. The van der Waals surface area contributed by atoms with E-state index in [2.05, 4.69) is 5.32 Å². The third kappa shape index (κ3) is 2.75. The van der Waals surface area contributed by atoms with Crippen molar-refractivity contribution in [1.29, 1.82) is 0 Å². The highest BCUT2D eigenvalue weighted by molar-refractivity contribution is 7.21. The van der Waals surface area contributed by atoms with E-state index in [1.807, 2.05) is 0 Å². The number of amides is 1. The quantitative estimate of drug-likeness (QED) is 0.699. The summed E-state index contributed by atoms with van der Waals surface area (Å²) in [5.74, 6) is -1.18. The van der Waals surface area contributed by atoms with E-state index in [-0.39, 0.29) is 16.7 Å². The van der Waals surface area contributed by atoms with E-state index in [9.17, 15) is 13.6 Å². The van der Waals surface area contributed by atoms with Crippen molar-refractivity contribution in [1.82, 2.24) is 0 Å². The predicted octanol–water partition coefficient (Wildman–Crippen LogP) is 5.09. The fraction of sp³-hybridized carbons (Fsp3) is 0. The molecule has 0 bridgehead atoms. The average Bonchev–Trinajstić information content (AvgIpc) is 2.78. The van der Waals surface area contributed by atoms with Gasteiger partial charge >= 0.3 is 0 Å². The fourth-order valence-corrected chi connectivity index (χ4v) is 3.34. The van der Waals surface area contributed by atoms with Crippen molar-refractivity contribution in [2.45, 2.75) is 0 Å². The first-order valence-electron chi connectivity index (χ1n) is 5.99. The molecule has 2 aromatic carbocycles. The van der Waals surface area contributed by atoms with Crippen molar-refractivity contribution in [2.24, 2.45) is 0 Å². The molecule has 0 aliphatic heterocycles. The van der Waals surface area contributed by atoms with Crippen LogP contribution in [-0.4, -0.2) is 5.91 Å². The number of hydrogen-bond donors (Lipinski definition) is 1. The Morgan fingerprint density at radius 2 is 1.71 bits per heavy atom. The van der Waals surface area contributed by atoms with Crippen LogP contribution in [0.3, 0.4) is 0 Å². The zero-order valence-corrected chi connectivity index (χ0v) is 12.1. The van der Waals surface area contributed by atoms with Gasteiger partial charge in [0.05, 0.1) is 5.02 Å². The lowest BCUT2D eigenvalue weighted by molar-refractivity contribution is 0.103. The number of hydrogen-bond acceptors (Lipinski definition) is 2. The second kappa shape index (κ2) is 5.42. The van der Waals surface area contributed by atoms with Crippen molar-refractivity contribution in [3.05, 3.63) is 64.0 Å². The molecule has 2 nitrogen and oxygen atoms in total. The molecule has 0 saturated carbocycles. The van der Waals surface area contributed by atoms with Gasteiger partial charge in [0, 0.05) is 15.8 Å². The van der Waals surface area contributed by atoms with Gasteiger partial charge in [0.2, 0.25) is 0 Å². The zero-order valence-electron chi connectivity index (χ0n) is 10.5. The number of fused-ring (bicyclic) bond motifs is 1. The van der Waals surface area contributed by atoms with E-state index in [1.165, 1.54) is 42.5 Å². The number of halogens is 3. The van der Waals surface area contributed by atoms with Crippen LogP contribution in [0.15, 0.2) is 42.5 Å². The first kappa shape index (κ1) is 14.0. The molecule has 0 atom stereocenters. The van der Waals surface area contributed by atoms with Crippen LogP contribution in [0.2, 0.25) is 5.02 Å². The molecule has 1 aromatic heterocycles. The minimum absolute atomic E-state index is 0.287. The number of carbonyl (C=O) groups is 1. The van der Waals surface area contributed by atoms with Crippen LogP contribution in [0.4, 0.5) is 14.5 Å².